The lowest BCUT2D eigenvalue weighted by Gasteiger charge is -2.22. The Morgan fingerprint density at radius 2 is 2.00 bits per heavy atom. The molecule has 0 aromatic heterocycles. The van der Waals surface area contributed by atoms with Crippen LogP contribution in [-0.4, -0.2) is 57.1 Å². The highest BCUT2D eigenvalue weighted by molar-refractivity contribution is 4.88. The zero-order valence-electron chi connectivity index (χ0n) is 5.77. The first-order chi connectivity index (χ1) is 4.60. The van der Waals surface area contributed by atoms with Gasteiger partial charge in [0, 0.05) is 0 Å². The summed E-state index contributed by atoms with van der Waals surface area (Å²) in [4.78, 5) is 0. The van der Waals surface area contributed by atoms with Crippen LogP contribution >= 0.6 is 0 Å². The van der Waals surface area contributed by atoms with Gasteiger partial charge in [0.25, 0.3) is 0 Å². The second kappa shape index (κ2) is 3.44. The first-order valence-electron chi connectivity index (χ1n) is 2.93. The molecule has 1 aliphatic heterocycles. The van der Waals surface area contributed by atoms with Gasteiger partial charge in [-0.3, -0.25) is 0 Å². The maximum atomic E-state index is 9.06. The predicted molar refractivity (Wildman–Crippen MR) is 33.6 cm³/mol. The van der Waals surface area contributed by atoms with Crippen molar-refractivity contribution in [3.8, 4) is 0 Å². The quantitative estimate of drug-likeness (QED) is 0.325. The van der Waals surface area contributed by atoms with Gasteiger partial charge in [-0.25, -0.2) is 0 Å². The maximum absolute atomic E-state index is 9.06. The molecule has 6 nitrogen and oxygen atoms in total. The summed E-state index contributed by atoms with van der Waals surface area (Å²) in [5.74, 6) is -1.97. The Bertz CT molecular complexity index is 128. The zero-order valence-corrected chi connectivity index (χ0v) is 5.77. The first-order valence-corrected chi connectivity index (χ1v) is 2.93. The molecule has 0 spiro atoms. The third-order valence-electron chi connectivity index (χ3n) is 1.56. The molecule has 0 bridgehead atoms. The number of rotatable bonds is 1. The number of hydrogen-bond acceptors (Lipinski definition) is 5. The van der Waals surface area contributed by atoms with E-state index in [9.17, 15) is 0 Å². The van der Waals surface area contributed by atoms with Crippen LogP contribution in [0.4, 0.5) is 0 Å². The molecule has 1 saturated heterocycles. The van der Waals surface area contributed by atoms with Crippen LogP contribution in [0.2, 0.25) is 0 Å². The summed E-state index contributed by atoms with van der Waals surface area (Å²) in [6.07, 6.45) is -2.53. The molecule has 0 saturated carbocycles. The molecule has 0 radical (unpaired) electrons. The molecule has 1 aliphatic rings. The van der Waals surface area contributed by atoms with Crippen molar-refractivity contribution in [2.45, 2.75) is 18.0 Å². The van der Waals surface area contributed by atoms with E-state index in [1.807, 2.05) is 0 Å². The molecule has 6 heteroatoms. The lowest BCUT2D eigenvalue weighted by molar-refractivity contribution is -0.234. The Morgan fingerprint density at radius 1 is 1.45 bits per heavy atom. The fourth-order valence-corrected chi connectivity index (χ4v) is 0.846. The Hall–Kier alpha value is -0.240. The molecule has 1 heterocycles. The third-order valence-corrected chi connectivity index (χ3v) is 1.56. The highest BCUT2D eigenvalue weighted by Gasteiger charge is 2.47. The Balaban J connectivity index is 0.000001000. The molecule has 1 rings (SSSR count). The van der Waals surface area contributed by atoms with Crippen molar-refractivity contribution in [3.63, 3.8) is 0 Å². The van der Waals surface area contributed by atoms with Crippen LogP contribution in [0.25, 0.3) is 0 Å². The average molecular weight is 168 g/mol. The summed E-state index contributed by atoms with van der Waals surface area (Å²) in [6.45, 7) is -0.872. The van der Waals surface area contributed by atoms with Gasteiger partial charge >= 0.3 is 0 Å². The van der Waals surface area contributed by atoms with Gasteiger partial charge in [-0.1, -0.05) is 0 Å². The minimum absolute atomic E-state index is 0. The largest absolute Gasteiger partial charge is 0.412 e. The van der Waals surface area contributed by atoms with Gasteiger partial charge in [0.1, 0.15) is 12.2 Å². The van der Waals surface area contributed by atoms with Crippen molar-refractivity contribution in [1.82, 2.24) is 0 Å². The molecule has 0 aromatic rings. The van der Waals surface area contributed by atoms with Crippen LogP contribution in [0.5, 0.6) is 0 Å². The van der Waals surface area contributed by atoms with E-state index in [0.717, 1.165) is 0 Å². The van der Waals surface area contributed by atoms with Crippen LogP contribution in [0, 0.1) is 0 Å². The van der Waals surface area contributed by atoms with E-state index in [2.05, 4.69) is 4.74 Å². The van der Waals surface area contributed by atoms with E-state index >= 15 is 0 Å². The summed E-state index contributed by atoms with van der Waals surface area (Å²) in [5.41, 5.74) is 0. The van der Waals surface area contributed by atoms with Crippen molar-refractivity contribution in [2.24, 2.45) is 0 Å². The van der Waals surface area contributed by atoms with E-state index in [1.165, 1.54) is 0 Å². The molecule has 6 N–H and O–H groups in total. The highest BCUT2D eigenvalue weighted by Crippen LogP contribution is 2.22. The summed E-state index contributed by atoms with van der Waals surface area (Å²) in [6, 6.07) is 0. The zero-order chi connectivity index (χ0) is 7.78. The molecular weight excluding hydrogens is 156 g/mol. The van der Waals surface area contributed by atoms with E-state index in [1.54, 1.807) is 0 Å². The monoisotopic (exact) mass is 168 g/mol. The lowest BCUT2D eigenvalue weighted by Crippen LogP contribution is -2.46. The van der Waals surface area contributed by atoms with Gasteiger partial charge in [0.15, 0.2) is 0 Å². The fraction of sp³-hybridized carbons (Fsp3) is 1.00. The van der Waals surface area contributed by atoms with Crippen LogP contribution in [0.15, 0.2) is 0 Å². The van der Waals surface area contributed by atoms with Crippen molar-refractivity contribution in [3.05, 3.63) is 0 Å². The topological polar surface area (TPSA) is 122 Å². The van der Waals surface area contributed by atoms with Crippen molar-refractivity contribution < 1.29 is 30.6 Å². The van der Waals surface area contributed by atoms with Crippen LogP contribution < -0.4 is 0 Å². The summed E-state index contributed by atoms with van der Waals surface area (Å²) in [7, 11) is 0. The number of aliphatic hydroxyl groups is 4. The van der Waals surface area contributed by atoms with Gasteiger partial charge in [0.05, 0.1) is 13.2 Å². The van der Waals surface area contributed by atoms with Gasteiger partial charge in [-0.2, -0.15) is 0 Å². The van der Waals surface area contributed by atoms with Crippen LogP contribution in [-0.2, 0) is 4.74 Å². The number of ether oxygens (including phenoxy) is 1. The smallest absolute Gasteiger partial charge is 0.218 e. The van der Waals surface area contributed by atoms with E-state index in [4.69, 9.17) is 20.4 Å². The highest BCUT2D eigenvalue weighted by atomic mass is 16.7. The molecule has 11 heavy (non-hydrogen) atoms. The normalized spacial score (nSPS) is 43.6. The van der Waals surface area contributed by atoms with E-state index < -0.39 is 24.6 Å². The minimum Gasteiger partial charge on any atom is -0.412 e. The standard InChI is InChI=1S/C5H10O5.H2O/c6-2-5(9)4(8)3(7)1-10-5;/h3-4,6-9H,1-2H2;1H2/t3-,4-,5?;/m1./s1. The van der Waals surface area contributed by atoms with Crippen molar-refractivity contribution in [1.29, 1.82) is 0 Å². The second-order valence-corrected chi connectivity index (χ2v) is 2.33. The number of aliphatic hydroxyl groups excluding tert-OH is 3. The van der Waals surface area contributed by atoms with E-state index in [0.29, 0.717) is 0 Å². The maximum Gasteiger partial charge on any atom is 0.218 e. The van der Waals surface area contributed by atoms with Gasteiger partial charge < -0.3 is 30.6 Å². The summed E-state index contributed by atoms with van der Waals surface area (Å²) < 4.78 is 4.52. The SMILES string of the molecule is O.OCC1(O)OC[C@@H](O)[C@H]1O. The Morgan fingerprint density at radius 3 is 2.18 bits per heavy atom. The third kappa shape index (κ3) is 1.67. The van der Waals surface area contributed by atoms with Crippen LogP contribution in [0.3, 0.4) is 0 Å². The number of hydrogen-bond donors (Lipinski definition) is 4. The minimum atomic E-state index is -1.97. The molecule has 0 aromatic carbocycles. The lowest BCUT2D eigenvalue weighted by atomic mass is 10.1. The first kappa shape index (κ1) is 10.8. The van der Waals surface area contributed by atoms with Gasteiger partial charge in [-0.15, -0.1) is 0 Å². The molecule has 0 aliphatic carbocycles. The molecule has 0 amide bonds. The average Bonchev–Trinajstić information content (AvgIpc) is 2.19. The van der Waals surface area contributed by atoms with Crippen molar-refractivity contribution in [2.75, 3.05) is 13.2 Å². The summed E-state index contributed by atoms with van der Waals surface area (Å²) >= 11 is 0. The Kier molecular flexibility index (Phi) is 3.36. The van der Waals surface area contributed by atoms with Crippen LogP contribution in [0.1, 0.15) is 0 Å². The molecule has 1 unspecified atom stereocenters. The molecular formula is C5H12O6. The summed E-state index contributed by atoms with van der Waals surface area (Å²) in [5, 5.41) is 35.3. The fourth-order valence-electron chi connectivity index (χ4n) is 0.846. The second-order valence-electron chi connectivity index (χ2n) is 2.33. The Labute approximate surface area is 63.0 Å². The molecule has 1 fully saturated rings. The van der Waals surface area contributed by atoms with Crippen molar-refractivity contribution >= 4 is 0 Å². The van der Waals surface area contributed by atoms with Gasteiger partial charge in [0.2, 0.25) is 5.79 Å². The van der Waals surface area contributed by atoms with Gasteiger partial charge in [-0.05, 0) is 0 Å². The molecule has 3 atom stereocenters. The van der Waals surface area contributed by atoms with E-state index in [-0.39, 0.29) is 12.1 Å². The predicted octanol–water partition coefficient (Wildman–Crippen LogP) is -3.41. The molecule has 68 valence electrons.